The van der Waals surface area contributed by atoms with Crippen LogP contribution >= 0.6 is 23.8 Å². The monoisotopic (exact) mass is 387 g/mol. The number of thiocarbonyl (C=S) groups is 1. The van der Waals surface area contributed by atoms with Crippen LogP contribution in [0.3, 0.4) is 0 Å². The Morgan fingerprint density at radius 1 is 1.15 bits per heavy atom. The lowest BCUT2D eigenvalue weighted by Crippen LogP contribution is -2.45. The topological polar surface area (TPSA) is 56.9 Å². The molecular formula is C19H22ClN5S. The number of hydrogen-bond acceptors (Lipinski definition) is 4. The second-order valence-electron chi connectivity index (χ2n) is 6.22. The lowest BCUT2D eigenvalue weighted by atomic mass is 10.1. The summed E-state index contributed by atoms with van der Waals surface area (Å²) in [4.78, 5) is 4.84. The molecule has 0 aromatic heterocycles. The maximum atomic E-state index is 6.10. The zero-order chi connectivity index (χ0) is 18.4. The molecule has 2 aromatic carbocycles. The van der Waals surface area contributed by atoms with Crippen molar-refractivity contribution in [2.24, 2.45) is 10.8 Å². The highest BCUT2D eigenvalue weighted by atomic mass is 35.5. The number of hydrogen-bond donors (Lipinski definition) is 2. The van der Waals surface area contributed by atoms with E-state index >= 15 is 0 Å². The lowest BCUT2D eigenvalue weighted by molar-refractivity contribution is 0.250. The maximum absolute atomic E-state index is 6.10. The average molecular weight is 388 g/mol. The fourth-order valence-corrected chi connectivity index (χ4v) is 3.27. The van der Waals surface area contributed by atoms with Gasteiger partial charge in [-0.1, -0.05) is 35.9 Å². The van der Waals surface area contributed by atoms with Crippen molar-refractivity contribution in [2.75, 3.05) is 31.1 Å². The van der Waals surface area contributed by atoms with Crippen molar-refractivity contribution >= 4 is 40.8 Å². The van der Waals surface area contributed by atoms with Gasteiger partial charge in [0.15, 0.2) is 5.11 Å². The smallest absolute Gasteiger partial charge is 0.184 e. The van der Waals surface area contributed by atoms with E-state index in [1.165, 1.54) is 11.3 Å². The first kappa shape index (κ1) is 18.6. The Morgan fingerprint density at radius 2 is 1.92 bits per heavy atom. The van der Waals surface area contributed by atoms with Crippen LogP contribution in [0.25, 0.3) is 0 Å². The van der Waals surface area contributed by atoms with Gasteiger partial charge in [0.25, 0.3) is 0 Å². The molecule has 0 amide bonds. The second kappa shape index (κ2) is 8.98. The van der Waals surface area contributed by atoms with E-state index in [1.54, 1.807) is 6.21 Å². The van der Waals surface area contributed by atoms with E-state index < -0.39 is 0 Å². The molecular weight excluding hydrogens is 366 g/mol. The Balaban J connectivity index is 1.54. The van der Waals surface area contributed by atoms with E-state index in [9.17, 15) is 0 Å². The minimum atomic E-state index is 0.162. The van der Waals surface area contributed by atoms with Crippen LogP contribution in [0.15, 0.2) is 53.6 Å². The largest absolute Gasteiger partial charge is 0.375 e. The van der Waals surface area contributed by atoms with Gasteiger partial charge in [-0.2, -0.15) is 5.10 Å². The molecule has 3 N–H and O–H groups in total. The minimum Gasteiger partial charge on any atom is -0.375 e. The van der Waals surface area contributed by atoms with Gasteiger partial charge in [0.2, 0.25) is 0 Å². The normalized spacial score (nSPS) is 15.3. The first-order valence-corrected chi connectivity index (χ1v) is 9.29. The van der Waals surface area contributed by atoms with E-state index in [-0.39, 0.29) is 5.11 Å². The number of halogens is 1. The fraction of sp³-hybridized carbons (Fsp3) is 0.263. The standard InChI is InChI=1S/C19H22ClN5S/c20-17-5-2-6-18(12-17)25-9-7-24(8-10-25)14-16-4-1-3-15(11-16)13-22-23-19(21)26/h1-6,11-13H,7-10,14H2,(H3,21,23,26). The Bertz CT molecular complexity index is 787. The van der Waals surface area contributed by atoms with Gasteiger partial charge in [-0.3, -0.25) is 10.3 Å². The van der Waals surface area contributed by atoms with Gasteiger partial charge in [-0.05, 0) is 47.6 Å². The summed E-state index contributed by atoms with van der Waals surface area (Å²) < 4.78 is 0. The Kier molecular flexibility index (Phi) is 6.44. The van der Waals surface area contributed by atoms with Crippen LogP contribution in [-0.2, 0) is 6.54 Å². The van der Waals surface area contributed by atoms with Crippen molar-refractivity contribution in [3.63, 3.8) is 0 Å². The molecule has 0 aliphatic carbocycles. The molecule has 2 aromatic rings. The summed E-state index contributed by atoms with van der Waals surface area (Å²) in [5.41, 5.74) is 11.4. The van der Waals surface area contributed by atoms with Crippen molar-refractivity contribution in [1.82, 2.24) is 10.3 Å². The van der Waals surface area contributed by atoms with Gasteiger partial charge in [-0.15, -0.1) is 0 Å². The van der Waals surface area contributed by atoms with Gasteiger partial charge < -0.3 is 10.6 Å². The highest BCUT2D eigenvalue weighted by molar-refractivity contribution is 7.80. The predicted octanol–water partition coefficient (Wildman–Crippen LogP) is 2.83. The van der Waals surface area contributed by atoms with E-state index in [0.29, 0.717) is 0 Å². The molecule has 0 spiro atoms. The van der Waals surface area contributed by atoms with Gasteiger partial charge in [0, 0.05) is 43.4 Å². The molecule has 1 heterocycles. The van der Waals surface area contributed by atoms with Gasteiger partial charge in [0.1, 0.15) is 0 Å². The number of nitrogens with one attached hydrogen (secondary N) is 1. The Hall–Kier alpha value is -2.15. The van der Waals surface area contributed by atoms with Gasteiger partial charge in [-0.25, -0.2) is 0 Å². The fourth-order valence-electron chi connectivity index (χ4n) is 3.04. The third-order valence-electron chi connectivity index (χ3n) is 4.29. The number of nitrogens with two attached hydrogens (primary N) is 1. The van der Waals surface area contributed by atoms with E-state index in [1.807, 2.05) is 30.3 Å². The molecule has 0 atom stereocenters. The molecule has 136 valence electrons. The summed E-state index contributed by atoms with van der Waals surface area (Å²) in [6.45, 7) is 4.97. The number of nitrogens with zero attached hydrogens (tertiary/aromatic N) is 3. The summed E-state index contributed by atoms with van der Waals surface area (Å²) >= 11 is 10.8. The van der Waals surface area contributed by atoms with E-state index in [4.69, 9.17) is 29.6 Å². The van der Waals surface area contributed by atoms with Crippen LogP contribution in [0.1, 0.15) is 11.1 Å². The third-order valence-corrected chi connectivity index (χ3v) is 4.62. The highest BCUT2D eigenvalue weighted by Crippen LogP contribution is 2.21. The quantitative estimate of drug-likeness (QED) is 0.469. The number of anilines is 1. The van der Waals surface area contributed by atoms with Crippen LogP contribution in [0.4, 0.5) is 5.69 Å². The maximum Gasteiger partial charge on any atom is 0.184 e. The minimum absolute atomic E-state index is 0.162. The Labute approximate surface area is 164 Å². The lowest BCUT2D eigenvalue weighted by Gasteiger charge is -2.36. The molecule has 0 saturated carbocycles. The first-order valence-electron chi connectivity index (χ1n) is 8.50. The average Bonchev–Trinajstić information content (AvgIpc) is 2.62. The second-order valence-corrected chi connectivity index (χ2v) is 7.10. The molecule has 1 fully saturated rings. The van der Waals surface area contributed by atoms with Gasteiger partial charge in [0.05, 0.1) is 6.21 Å². The highest BCUT2D eigenvalue weighted by Gasteiger charge is 2.17. The summed E-state index contributed by atoms with van der Waals surface area (Å²) in [6.07, 6.45) is 1.72. The number of hydrazone groups is 1. The van der Waals surface area contributed by atoms with E-state index in [2.05, 4.69) is 38.5 Å². The van der Waals surface area contributed by atoms with Crippen molar-refractivity contribution in [2.45, 2.75) is 6.54 Å². The molecule has 1 aliphatic rings. The first-order chi connectivity index (χ1) is 12.6. The summed E-state index contributed by atoms with van der Waals surface area (Å²) in [5, 5.41) is 4.95. The van der Waals surface area contributed by atoms with Crippen molar-refractivity contribution in [1.29, 1.82) is 0 Å². The predicted molar refractivity (Wildman–Crippen MR) is 113 cm³/mol. The molecule has 26 heavy (non-hydrogen) atoms. The van der Waals surface area contributed by atoms with Crippen LogP contribution < -0.4 is 16.1 Å². The molecule has 0 bridgehead atoms. The van der Waals surface area contributed by atoms with Crippen molar-refractivity contribution in [3.8, 4) is 0 Å². The number of rotatable bonds is 5. The van der Waals surface area contributed by atoms with E-state index in [0.717, 1.165) is 43.3 Å². The molecule has 3 rings (SSSR count). The molecule has 1 saturated heterocycles. The summed E-state index contributed by atoms with van der Waals surface area (Å²) in [5.74, 6) is 0. The molecule has 1 aliphatic heterocycles. The van der Waals surface area contributed by atoms with Crippen LogP contribution in [0, 0.1) is 0 Å². The number of benzene rings is 2. The van der Waals surface area contributed by atoms with Gasteiger partial charge >= 0.3 is 0 Å². The summed E-state index contributed by atoms with van der Waals surface area (Å²) in [7, 11) is 0. The molecule has 7 heteroatoms. The van der Waals surface area contributed by atoms with Crippen LogP contribution in [0.2, 0.25) is 5.02 Å². The molecule has 0 unspecified atom stereocenters. The molecule has 5 nitrogen and oxygen atoms in total. The Morgan fingerprint density at radius 3 is 2.65 bits per heavy atom. The van der Waals surface area contributed by atoms with Crippen molar-refractivity contribution < 1.29 is 0 Å². The van der Waals surface area contributed by atoms with Crippen LogP contribution in [-0.4, -0.2) is 42.4 Å². The molecule has 0 radical (unpaired) electrons. The summed E-state index contributed by atoms with van der Waals surface area (Å²) in [6, 6.07) is 16.4. The third kappa shape index (κ3) is 5.42. The van der Waals surface area contributed by atoms with Crippen LogP contribution in [0.5, 0.6) is 0 Å². The van der Waals surface area contributed by atoms with Crippen molar-refractivity contribution in [3.05, 3.63) is 64.7 Å². The zero-order valence-electron chi connectivity index (χ0n) is 14.4. The zero-order valence-corrected chi connectivity index (χ0v) is 16.0. The number of piperazine rings is 1. The SMILES string of the molecule is NC(=S)NN=Cc1cccc(CN2CCN(c3cccc(Cl)c3)CC2)c1.